The molecule has 0 saturated carbocycles. The molecule has 0 radical (unpaired) electrons. The molecule has 328 valence electrons. The topological polar surface area (TPSA) is 33.5 Å². The van der Waals surface area contributed by atoms with E-state index in [9.17, 15) is 0 Å². The van der Waals surface area contributed by atoms with Crippen LogP contribution in [-0.4, -0.2) is 9.55 Å². The molecule has 1 aliphatic rings. The van der Waals surface area contributed by atoms with Crippen molar-refractivity contribution in [1.82, 2.24) is 9.55 Å². The largest absolute Gasteiger partial charge is 0.509 e. The van der Waals surface area contributed by atoms with Crippen LogP contribution in [0.5, 0.6) is 11.5 Å². The number of aromatic nitrogens is 2. The number of fused-ring (bicyclic) bond motifs is 3. The van der Waals surface area contributed by atoms with Crippen molar-refractivity contribution in [1.29, 1.82) is 0 Å². The Morgan fingerprint density at radius 2 is 1.31 bits per heavy atom. The number of pyridine rings is 1. The van der Waals surface area contributed by atoms with Gasteiger partial charge in [-0.15, -0.1) is 48.1 Å². The monoisotopic (exact) mass is 1020 g/mol. The standard InChI is InChI=1S/C58H57N4O.Pt/c1-38(2)46-23-17-24-47(39(3)4)56(46)41-26-29-51(50(32-41)40-18-12-11-13-19-40)60-36-54(58(8,9)10)61(37-60)43-20-16-21-44(34-43)63-45-27-28-49-48-22-14-15-25-52(48)62(53(49)35-45)55-33-42(30-31-59-55)57(5,6)7;/h11-33,36-39H,1-10H3;/q-3;. The van der Waals surface area contributed by atoms with Crippen molar-refractivity contribution >= 4 is 33.2 Å². The molecule has 2 aromatic heterocycles. The van der Waals surface area contributed by atoms with E-state index in [1.807, 2.05) is 24.4 Å². The second kappa shape index (κ2) is 17.6. The molecule has 0 atom stereocenters. The molecule has 5 nitrogen and oxygen atoms in total. The van der Waals surface area contributed by atoms with E-state index >= 15 is 0 Å². The second-order valence-corrected chi connectivity index (χ2v) is 19.5. The molecule has 0 aliphatic carbocycles. The molecule has 9 rings (SSSR count). The first kappa shape index (κ1) is 44.7. The van der Waals surface area contributed by atoms with E-state index in [1.165, 1.54) is 38.9 Å². The number of ether oxygens (including phenoxy) is 1. The van der Waals surface area contributed by atoms with E-state index in [1.54, 1.807) is 0 Å². The smallest absolute Gasteiger partial charge is 0.135 e. The summed E-state index contributed by atoms with van der Waals surface area (Å²) in [6.07, 6.45) is 4.18. The van der Waals surface area contributed by atoms with Crippen molar-refractivity contribution in [3.05, 3.63) is 187 Å². The molecular weight excluding hydrogens is 964 g/mol. The minimum Gasteiger partial charge on any atom is -0.509 e. The van der Waals surface area contributed by atoms with Crippen LogP contribution in [-0.2, 0) is 26.5 Å². The fraction of sp³-hybridized carbons (Fsp3) is 0.241. The Morgan fingerprint density at radius 1 is 0.625 bits per heavy atom. The fourth-order valence-corrected chi connectivity index (χ4v) is 8.88. The molecule has 0 N–H and O–H groups in total. The maximum absolute atomic E-state index is 6.65. The summed E-state index contributed by atoms with van der Waals surface area (Å²) < 4.78 is 8.85. The summed E-state index contributed by atoms with van der Waals surface area (Å²) in [5, 5.41) is 2.24. The van der Waals surface area contributed by atoms with Crippen LogP contribution in [0.2, 0.25) is 0 Å². The summed E-state index contributed by atoms with van der Waals surface area (Å²) in [6, 6.07) is 54.8. The first-order valence-corrected chi connectivity index (χ1v) is 22.3. The summed E-state index contributed by atoms with van der Waals surface area (Å²) in [5.41, 5.74) is 13.8. The van der Waals surface area contributed by atoms with Crippen molar-refractivity contribution in [2.75, 3.05) is 9.80 Å². The van der Waals surface area contributed by atoms with Crippen LogP contribution in [0.25, 0.3) is 49.9 Å². The van der Waals surface area contributed by atoms with Gasteiger partial charge in [-0.25, -0.2) is 4.98 Å². The second-order valence-electron chi connectivity index (χ2n) is 19.5. The molecule has 0 saturated heterocycles. The molecule has 0 fully saturated rings. The van der Waals surface area contributed by atoms with Crippen molar-refractivity contribution in [3.63, 3.8) is 0 Å². The van der Waals surface area contributed by atoms with Crippen molar-refractivity contribution in [3.8, 4) is 39.6 Å². The average Bonchev–Trinajstić information content (AvgIpc) is 3.87. The fourth-order valence-electron chi connectivity index (χ4n) is 8.88. The van der Waals surface area contributed by atoms with Crippen LogP contribution in [0.1, 0.15) is 97.8 Å². The van der Waals surface area contributed by atoms with Gasteiger partial charge in [-0.2, -0.15) is 12.1 Å². The third-order valence-corrected chi connectivity index (χ3v) is 12.2. The molecule has 3 heterocycles. The Balaban J connectivity index is 0.00000560. The number of anilines is 2. The van der Waals surface area contributed by atoms with Crippen LogP contribution in [0, 0.1) is 24.2 Å². The predicted molar refractivity (Wildman–Crippen MR) is 264 cm³/mol. The van der Waals surface area contributed by atoms with Gasteiger partial charge in [0.1, 0.15) is 5.82 Å². The minimum absolute atomic E-state index is 0. The minimum atomic E-state index is -0.185. The van der Waals surface area contributed by atoms with Gasteiger partial charge in [0.15, 0.2) is 0 Å². The van der Waals surface area contributed by atoms with E-state index in [2.05, 4.69) is 224 Å². The summed E-state index contributed by atoms with van der Waals surface area (Å²) in [6.45, 7) is 24.8. The molecule has 0 spiro atoms. The molecule has 0 amide bonds. The van der Waals surface area contributed by atoms with Gasteiger partial charge in [-0.3, -0.25) is 0 Å². The zero-order chi connectivity index (χ0) is 44.2. The Kier molecular flexibility index (Phi) is 12.3. The predicted octanol–water partition coefficient (Wildman–Crippen LogP) is 15.8. The van der Waals surface area contributed by atoms with Gasteiger partial charge in [0.05, 0.1) is 0 Å². The van der Waals surface area contributed by atoms with Gasteiger partial charge in [-0.1, -0.05) is 148 Å². The third-order valence-electron chi connectivity index (χ3n) is 12.2. The molecule has 6 heteroatoms. The number of para-hydroxylation sites is 1. The van der Waals surface area contributed by atoms with Crippen LogP contribution >= 0.6 is 0 Å². The zero-order valence-electron chi connectivity index (χ0n) is 38.6. The van der Waals surface area contributed by atoms with Crippen molar-refractivity contribution in [2.45, 2.75) is 86.5 Å². The summed E-state index contributed by atoms with van der Waals surface area (Å²) >= 11 is 0. The molecule has 64 heavy (non-hydrogen) atoms. The van der Waals surface area contributed by atoms with Gasteiger partial charge in [-0.05, 0) is 92.5 Å². The van der Waals surface area contributed by atoms with Crippen LogP contribution in [0.4, 0.5) is 11.4 Å². The maximum Gasteiger partial charge on any atom is 0.135 e. The zero-order valence-corrected chi connectivity index (χ0v) is 40.9. The third kappa shape index (κ3) is 8.55. The number of hydrogen-bond donors (Lipinski definition) is 0. The molecule has 6 aromatic carbocycles. The van der Waals surface area contributed by atoms with Gasteiger partial charge in [0.2, 0.25) is 0 Å². The first-order valence-electron chi connectivity index (χ1n) is 22.3. The maximum atomic E-state index is 6.65. The Hall–Kier alpha value is -5.90. The number of allylic oxidation sites excluding steroid dienone is 1. The van der Waals surface area contributed by atoms with Gasteiger partial charge in [0.25, 0.3) is 0 Å². The average molecular weight is 1020 g/mol. The number of benzene rings is 6. The first-order chi connectivity index (χ1) is 30.2. The van der Waals surface area contributed by atoms with Crippen LogP contribution in [0.15, 0.2) is 152 Å². The molecular formula is C58H57N4OPt-3. The Morgan fingerprint density at radius 3 is 2.02 bits per heavy atom. The van der Waals surface area contributed by atoms with Gasteiger partial charge >= 0.3 is 0 Å². The Labute approximate surface area is 394 Å². The van der Waals surface area contributed by atoms with E-state index in [0.29, 0.717) is 23.3 Å². The van der Waals surface area contributed by atoms with Crippen molar-refractivity contribution < 1.29 is 25.8 Å². The van der Waals surface area contributed by atoms with Crippen LogP contribution < -0.4 is 14.5 Å². The molecule has 8 aromatic rings. The van der Waals surface area contributed by atoms with Gasteiger partial charge in [0, 0.05) is 66.6 Å². The summed E-state index contributed by atoms with van der Waals surface area (Å²) in [5.74, 6) is 2.87. The van der Waals surface area contributed by atoms with Crippen LogP contribution in [0.3, 0.4) is 0 Å². The van der Waals surface area contributed by atoms with Crippen molar-refractivity contribution in [2.24, 2.45) is 5.41 Å². The quantitative estimate of drug-likeness (QED) is 0.135. The van der Waals surface area contributed by atoms with E-state index in [0.717, 1.165) is 44.7 Å². The molecule has 0 bridgehead atoms. The van der Waals surface area contributed by atoms with E-state index in [4.69, 9.17) is 9.72 Å². The molecule has 0 unspecified atom stereocenters. The summed E-state index contributed by atoms with van der Waals surface area (Å²) in [4.78, 5) is 9.38. The normalized spacial score (nSPS) is 13.3. The van der Waals surface area contributed by atoms with Gasteiger partial charge < -0.3 is 19.1 Å². The number of hydrogen-bond acceptors (Lipinski definition) is 4. The van der Waals surface area contributed by atoms with E-state index < -0.39 is 0 Å². The SMILES string of the molecule is CC(C)c1cccc(C(C)C)c1-c1ccc(N2C=C(C(C)(C)C)N(c3[c-]c(Oc4[c-]c5c(cc4)c4ccccc4n5-c4cc(C(C)(C)C)ccn4)ccc3)[CH-]2)c(-c2ccccc2)c1.[Pt]. The molecule has 1 aliphatic heterocycles. The van der Waals surface area contributed by atoms with E-state index in [-0.39, 0.29) is 31.9 Å². The Bertz CT molecular complexity index is 2980. The number of nitrogens with zero attached hydrogens (tertiary/aromatic N) is 4. The number of rotatable bonds is 9. The summed E-state index contributed by atoms with van der Waals surface area (Å²) in [7, 11) is 0.